The predicted octanol–water partition coefficient (Wildman–Crippen LogP) is 4.34. The molecule has 0 fully saturated rings. The number of nitrogens with zero attached hydrogens (tertiary/aromatic N) is 4. The van der Waals surface area contributed by atoms with Crippen LogP contribution in [0.4, 0.5) is 9.52 Å². The molecule has 1 unspecified atom stereocenters. The molecule has 0 bridgehead atoms. The number of aromatic nitrogens is 3. The van der Waals surface area contributed by atoms with E-state index in [-0.39, 0.29) is 13.9 Å². The van der Waals surface area contributed by atoms with Crippen molar-refractivity contribution >= 4 is 28.3 Å². The Morgan fingerprint density at radius 3 is 2.87 bits per heavy atom. The Hall–Kier alpha value is -3.07. The molecule has 31 heavy (non-hydrogen) atoms. The molecule has 3 aromatic rings. The maximum absolute atomic E-state index is 14.5. The molecular weight excluding hydrogens is 417 g/mol. The number of aryl methyl sites for hydroxylation is 2. The SMILES string of the molecule is CC.Cc1cc(F)c2c(c1)C(=O)N(C(C(=O)Nc1nccs1)c1ncn3c1CCC3)C2.[HH]. The van der Waals surface area contributed by atoms with Crippen LogP contribution in [-0.2, 0) is 24.3 Å². The van der Waals surface area contributed by atoms with Crippen molar-refractivity contribution in [1.29, 1.82) is 0 Å². The third kappa shape index (κ3) is 3.74. The number of amides is 2. The standard InChI is InChI=1S/C20H18FN5O2S.C2H6.H2/c1-11-7-12-13(14(21)8-11)9-26(19(12)28)17(18(27)24-20-22-4-6-29-20)16-15-3-2-5-25(15)10-23-16;1-2;/h4,6-8,10,17H,2-3,5,9H2,1H3,(H,22,24,27);1-2H3;1H. The van der Waals surface area contributed by atoms with Gasteiger partial charge in [-0.1, -0.05) is 13.8 Å². The molecule has 1 atom stereocenters. The van der Waals surface area contributed by atoms with E-state index in [4.69, 9.17) is 0 Å². The average molecular weight is 444 g/mol. The Morgan fingerprint density at radius 2 is 2.13 bits per heavy atom. The highest BCUT2D eigenvalue weighted by Gasteiger charge is 2.41. The van der Waals surface area contributed by atoms with Gasteiger partial charge in [0.1, 0.15) is 5.82 Å². The van der Waals surface area contributed by atoms with Gasteiger partial charge in [0, 0.05) is 36.4 Å². The van der Waals surface area contributed by atoms with Gasteiger partial charge in [0.05, 0.1) is 18.6 Å². The number of carbonyl (C=O) groups is 2. The molecule has 1 aromatic carbocycles. The summed E-state index contributed by atoms with van der Waals surface area (Å²) in [6.07, 6.45) is 5.06. The Balaban J connectivity index is 0.000000938. The number of anilines is 1. The van der Waals surface area contributed by atoms with Gasteiger partial charge in [0.2, 0.25) is 0 Å². The van der Waals surface area contributed by atoms with Crippen LogP contribution in [0.5, 0.6) is 0 Å². The number of thiazole rings is 1. The Kier molecular flexibility index (Phi) is 5.86. The number of benzene rings is 1. The van der Waals surface area contributed by atoms with Crippen LogP contribution in [0.1, 0.15) is 60.6 Å². The van der Waals surface area contributed by atoms with Gasteiger partial charge < -0.3 is 9.47 Å². The fraction of sp³-hybridized carbons (Fsp3) is 0.364. The number of hydrogen-bond donors (Lipinski definition) is 1. The zero-order valence-electron chi connectivity index (χ0n) is 17.7. The third-order valence-electron chi connectivity index (χ3n) is 5.43. The van der Waals surface area contributed by atoms with E-state index in [1.165, 1.54) is 22.3 Å². The normalized spacial score (nSPS) is 15.2. The van der Waals surface area contributed by atoms with E-state index in [0.717, 1.165) is 25.1 Å². The monoisotopic (exact) mass is 443 g/mol. The van der Waals surface area contributed by atoms with Crippen molar-refractivity contribution in [2.24, 2.45) is 0 Å². The molecule has 7 nitrogen and oxygen atoms in total. The number of imidazole rings is 1. The van der Waals surface area contributed by atoms with Crippen molar-refractivity contribution in [3.05, 3.63) is 63.9 Å². The van der Waals surface area contributed by atoms with Gasteiger partial charge in [-0.2, -0.15) is 0 Å². The second-order valence-corrected chi connectivity index (χ2v) is 8.20. The first-order chi connectivity index (χ1) is 15.0. The number of halogens is 1. The Bertz CT molecular complexity index is 1130. The summed E-state index contributed by atoms with van der Waals surface area (Å²) >= 11 is 1.29. The van der Waals surface area contributed by atoms with E-state index < -0.39 is 17.8 Å². The van der Waals surface area contributed by atoms with Gasteiger partial charge in [-0.15, -0.1) is 11.3 Å². The molecule has 164 valence electrons. The lowest BCUT2D eigenvalue weighted by atomic mass is 10.1. The fourth-order valence-corrected chi connectivity index (χ4v) is 4.67. The Morgan fingerprint density at radius 1 is 1.32 bits per heavy atom. The van der Waals surface area contributed by atoms with Crippen LogP contribution in [0, 0.1) is 12.7 Å². The van der Waals surface area contributed by atoms with Gasteiger partial charge in [0.15, 0.2) is 11.2 Å². The van der Waals surface area contributed by atoms with E-state index in [1.54, 1.807) is 30.9 Å². The molecule has 0 saturated heterocycles. The van der Waals surface area contributed by atoms with Crippen molar-refractivity contribution in [3.63, 3.8) is 0 Å². The molecule has 0 aliphatic carbocycles. The van der Waals surface area contributed by atoms with Crippen LogP contribution in [0.15, 0.2) is 30.0 Å². The second-order valence-electron chi connectivity index (χ2n) is 7.31. The predicted molar refractivity (Wildman–Crippen MR) is 119 cm³/mol. The van der Waals surface area contributed by atoms with Crippen molar-refractivity contribution in [3.8, 4) is 0 Å². The van der Waals surface area contributed by atoms with E-state index in [0.29, 0.717) is 27.5 Å². The minimum Gasteiger partial charge on any atom is -0.334 e. The van der Waals surface area contributed by atoms with Crippen LogP contribution in [0.3, 0.4) is 0 Å². The largest absolute Gasteiger partial charge is 0.334 e. The lowest BCUT2D eigenvalue weighted by molar-refractivity contribution is -0.121. The molecule has 5 rings (SSSR count). The van der Waals surface area contributed by atoms with Crippen molar-refractivity contribution in [2.75, 3.05) is 5.32 Å². The molecule has 4 heterocycles. The summed E-state index contributed by atoms with van der Waals surface area (Å²) in [5.41, 5.74) is 2.80. The Labute approximate surface area is 185 Å². The molecule has 0 saturated carbocycles. The van der Waals surface area contributed by atoms with E-state index in [1.807, 2.05) is 18.4 Å². The lowest BCUT2D eigenvalue weighted by Crippen LogP contribution is -2.38. The fourth-order valence-electron chi connectivity index (χ4n) is 4.13. The quantitative estimate of drug-likeness (QED) is 0.650. The average Bonchev–Trinajstić information content (AvgIpc) is 3.52. The molecule has 2 aliphatic heterocycles. The van der Waals surface area contributed by atoms with Gasteiger partial charge in [-0.3, -0.25) is 14.9 Å². The second kappa shape index (κ2) is 8.58. The highest BCUT2D eigenvalue weighted by atomic mass is 32.1. The smallest absolute Gasteiger partial charge is 0.255 e. The van der Waals surface area contributed by atoms with Crippen molar-refractivity contribution in [2.45, 2.75) is 52.7 Å². The number of carbonyl (C=O) groups excluding carboxylic acids is 2. The summed E-state index contributed by atoms with van der Waals surface area (Å²) in [7, 11) is 0. The minimum absolute atomic E-state index is 0. The molecule has 9 heteroatoms. The topological polar surface area (TPSA) is 80.1 Å². The number of fused-ring (bicyclic) bond motifs is 2. The summed E-state index contributed by atoms with van der Waals surface area (Å²) in [5, 5.41) is 4.99. The number of rotatable bonds is 4. The van der Waals surface area contributed by atoms with Gasteiger partial charge in [0.25, 0.3) is 11.8 Å². The van der Waals surface area contributed by atoms with E-state index in [9.17, 15) is 14.0 Å². The molecule has 1 N–H and O–H groups in total. The summed E-state index contributed by atoms with van der Waals surface area (Å²) < 4.78 is 16.5. The van der Waals surface area contributed by atoms with Crippen LogP contribution in [0.25, 0.3) is 0 Å². The molecule has 2 aliphatic rings. The summed E-state index contributed by atoms with van der Waals surface area (Å²) in [6.45, 7) is 6.61. The third-order valence-corrected chi connectivity index (χ3v) is 6.12. The van der Waals surface area contributed by atoms with Gasteiger partial charge >= 0.3 is 0 Å². The first-order valence-electron chi connectivity index (χ1n) is 10.4. The van der Waals surface area contributed by atoms with E-state index >= 15 is 0 Å². The lowest BCUT2D eigenvalue weighted by Gasteiger charge is -2.26. The molecule has 0 radical (unpaired) electrons. The highest BCUT2D eigenvalue weighted by Crippen LogP contribution is 2.36. The highest BCUT2D eigenvalue weighted by molar-refractivity contribution is 7.13. The first-order valence-corrected chi connectivity index (χ1v) is 11.2. The molecule has 2 amide bonds. The minimum atomic E-state index is -0.951. The van der Waals surface area contributed by atoms with Crippen molar-refractivity contribution in [1.82, 2.24) is 19.4 Å². The van der Waals surface area contributed by atoms with E-state index in [2.05, 4.69) is 15.3 Å². The maximum atomic E-state index is 14.5. The van der Waals surface area contributed by atoms with Crippen LogP contribution >= 0.6 is 11.3 Å². The van der Waals surface area contributed by atoms with Crippen molar-refractivity contribution < 1.29 is 15.4 Å². The van der Waals surface area contributed by atoms with Crippen LogP contribution < -0.4 is 5.32 Å². The molecule has 2 aromatic heterocycles. The summed E-state index contributed by atoms with van der Waals surface area (Å²) in [6, 6.07) is 2.13. The van der Waals surface area contributed by atoms with Crippen LogP contribution in [-0.4, -0.2) is 31.2 Å². The first kappa shape index (κ1) is 21.2. The number of nitrogens with one attached hydrogen (secondary N) is 1. The maximum Gasteiger partial charge on any atom is 0.255 e. The molecular formula is C22H26FN5O2S. The summed E-state index contributed by atoms with van der Waals surface area (Å²) in [4.78, 5) is 36.4. The summed E-state index contributed by atoms with van der Waals surface area (Å²) in [5.74, 6) is -1.18. The zero-order chi connectivity index (χ0) is 22.1. The zero-order valence-corrected chi connectivity index (χ0v) is 18.5. The van der Waals surface area contributed by atoms with Crippen LogP contribution in [0.2, 0.25) is 0 Å². The van der Waals surface area contributed by atoms with Gasteiger partial charge in [-0.05, 0) is 37.5 Å². The number of hydrogen-bond acceptors (Lipinski definition) is 5. The molecule has 0 spiro atoms. The van der Waals surface area contributed by atoms with Gasteiger partial charge in [-0.25, -0.2) is 14.4 Å².